The van der Waals surface area contributed by atoms with Crippen LogP contribution in [0.2, 0.25) is 0 Å². The highest BCUT2D eigenvalue weighted by molar-refractivity contribution is 7.11. The third-order valence-corrected chi connectivity index (χ3v) is 3.25. The van der Waals surface area contributed by atoms with Gasteiger partial charge in [0.05, 0.1) is 11.2 Å². The van der Waals surface area contributed by atoms with E-state index >= 15 is 0 Å². The molecule has 0 aliphatic carbocycles. The molecule has 1 N–H and O–H groups in total. The van der Waals surface area contributed by atoms with E-state index in [1.807, 2.05) is 0 Å². The number of carbonyl (C=O) groups is 1. The molecule has 0 saturated carbocycles. The molecule has 2 aromatic rings. The molecule has 0 unspecified atom stereocenters. The Kier molecular flexibility index (Phi) is 3.66. The summed E-state index contributed by atoms with van der Waals surface area (Å²) < 4.78 is 25.9. The Morgan fingerprint density at radius 3 is 2.56 bits per heavy atom. The van der Waals surface area contributed by atoms with E-state index in [1.54, 1.807) is 12.4 Å². The summed E-state index contributed by atoms with van der Waals surface area (Å²) in [4.78, 5) is 16.2. The maximum Gasteiger partial charge on any atom is 0.263 e. The van der Waals surface area contributed by atoms with Crippen molar-refractivity contribution in [3.8, 4) is 0 Å². The molecule has 0 bridgehead atoms. The molecule has 3 nitrogen and oxygen atoms in total. The van der Waals surface area contributed by atoms with Crippen molar-refractivity contribution in [1.29, 1.82) is 0 Å². The summed E-state index contributed by atoms with van der Waals surface area (Å²) in [6, 6.07) is 3.16. The van der Waals surface area contributed by atoms with Crippen molar-refractivity contribution in [3.05, 3.63) is 51.5 Å². The van der Waals surface area contributed by atoms with E-state index in [0.29, 0.717) is 16.1 Å². The number of aromatic nitrogens is 1. The lowest BCUT2D eigenvalue weighted by atomic mass is 10.2. The molecule has 1 aromatic heterocycles. The van der Waals surface area contributed by atoms with Gasteiger partial charge in [0.15, 0.2) is 0 Å². The number of rotatable bonds is 3. The van der Waals surface area contributed by atoms with Gasteiger partial charge < -0.3 is 5.32 Å². The van der Waals surface area contributed by atoms with Crippen molar-refractivity contribution in [1.82, 2.24) is 10.3 Å². The molecule has 0 aliphatic rings. The second-order valence-corrected chi connectivity index (χ2v) is 4.58. The van der Waals surface area contributed by atoms with E-state index in [4.69, 9.17) is 0 Å². The number of benzene rings is 1. The van der Waals surface area contributed by atoms with Gasteiger partial charge in [-0.3, -0.25) is 4.79 Å². The average molecular weight is 268 g/mol. The van der Waals surface area contributed by atoms with Gasteiger partial charge in [0.1, 0.15) is 16.5 Å². The normalized spacial score (nSPS) is 10.4. The van der Waals surface area contributed by atoms with Crippen LogP contribution in [-0.4, -0.2) is 10.9 Å². The van der Waals surface area contributed by atoms with Gasteiger partial charge in [-0.2, -0.15) is 0 Å². The van der Waals surface area contributed by atoms with Crippen molar-refractivity contribution in [3.63, 3.8) is 0 Å². The summed E-state index contributed by atoms with van der Waals surface area (Å²) >= 11 is 1.23. The number of hydrogen-bond donors (Lipinski definition) is 1. The first-order valence-electron chi connectivity index (χ1n) is 5.19. The first-order valence-corrected chi connectivity index (χ1v) is 6.07. The first-order chi connectivity index (χ1) is 8.56. The monoisotopic (exact) mass is 268 g/mol. The standard InChI is InChI=1S/C12H10F2N2OS/c1-7-11(18-6-16-7)12(17)15-5-8-2-9(13)4-10(14)3-8/h2-4,6H,5H2,1H3,(H,15,17). The molecular formula is C12H10F2N2OS. The smallest absolute Gasteiger partial charge is 0.263 e. The number of thiazole rings is 1. The molecule has 2 rings (SSSR count). The predicted octanol–water partition coefficient (Wildman–Crippen LogP) is 2.66. The quantitative estimate of drug-likeness (QED) is 0.929. The van der Waals surface area contributed by atoms with Gasteiger partial charge in [-0.1, -0.05) is 0 Å². The van der Waals surface area contributed by atoms with E-state index in [1.165, 1.54) is 23.5 Å². The lowest BCUT2D eigenvalue weighted by molar-refractivity contribution is 0.0954. The molecular weight excluding hydrogens is 258 g/mol. The zero-order valence-corrected chi connectivity index (χ0v) is 10.4. The molecule has 0 saturated heterocycles. The largest absolute Gasteiger partial charge is 0.347 e. The molecule has 0 fully saturated rings. The minimum atomic E-state index is -0.659. The fourth-order valence-corrected chi connectivity index (χ4v) is 2.21. The van der Waals surface area contributed by atoms with Crippen molar-refractivity contribution in [2.75, 3.05) is 0 Å². The van der Waals surface area contributed by atoms with Gasteiger partial charge in [0, 0.05) is 12.6 Å². The Hall–Kier alpha value is -1.82. The predicted molar refractivity (Wildman–Crippen MR) is 64.4 cm³/mol. The second kappa shape index (κ2) is 5.22. The molecule has 0 spiro atoms. The van der Waals surface area contributed by atoms with Crippen molar-refractivity contribution >= 4 is 17.2 Å². The van der Waals surface area contributed by atoms with Crippen LogP contribution < -0.4 is 5.32 Å². The molecule has 18 heavy (non-hydrogen) atoms. The van der Waals surface area contributed by atoms with E-state index in [0.717, 1.165) is 6.07 Å². The van der Waals surface area contributed by atoms with Gasteiger partial charge in [-0.05, 0) is 24.6 Å². The summed E-state index contributed by atoms with van der Waals surface area (Å²) in [5.74, 6) is -1.61. The third-order valence-electron chi connectivity index (χ3n) is 2.33. The Morgan fingerprint density at radius 2 is 2.00 bits per heavy atom. The molecule has 0 atom stereocenters. The van der Waals surface area contributed by atoms with E-state index in [-0.39, 0.29) is 12.5 Å². The van der Waals surface area contributed by atoms with Crippen LogP contribution in [0.1, 0.15) is 20.9 Å². The summed E-state index contributed by atoms with van der Waals surface area (Å²) in [6.07, 6.45) is 0. The van der Waals surface area contributed by atoms with Gasteiger partial charge in [-0.15, -0.1) is 11.3 Å². The van der Waals surface area contributed by atoms with E-state index in [2.05, 4.69) is 10.3 Å². The van der Waals surface area contributed by atoms with Crippen LogP contribution in [0.25, 0.3) is 0 Å². The highest BCUT2D eigenvalue weighted by Gasteiger charge is 2.11. The highest BCUT2D eigenvalue weighted by atomic mass is 32.1. The number of hydrogen-bond acceptors (Lipinski definition) is 3. The topological polar surface area (TPSA) is 42.0 Å². The zero-order chi connectivity index (χ0) is 13.1. The molecule has 1 heterocycles. The minimum absolute atomic E-state index is 0.0743. The van der Waals surface area contributed by atoms with Crippen LogP contribution in [0.3, 0.4) is 0 Å². The number of nitrogens with zero attached hydrogens (tertiary/aromatic N) is 1. The van der Waals surface area contributed by atoms with Crippen LogP contribution in [0.15, 0.2) is 23.7 Å². The lowest BCUT2D eigenvalue weighted by Gasteiger charge is -2.04. The molecule has 1 aromatic carbocycles. The first kappa shape index (κ1) is 12.6. The van der Waals surface area contributed by atoms with Crippen molar-refractivity contribution in [2.45, 2.75) is 13.5 Å². The Bertz CT molecular complexity index is 563. The molecule has 6 heteroatoms. The van der Waals surface area contributed by atoms with Gasteiger partial charge in [0.2, 0.25) is 0 Å². The van der Waals surface area contributed by atoms with Crippen LogP contribution in [0.4, 0.5) is 8.78 Å². The highest BCUT2D eigenvalue weighted by Crippen LogP contribution is 2.12. The van der Waals surface area contributed by atoms with Crippen LogP contribution in [0.5, 0.6) is 0 Å². The zero-order valence-electron chi connectivity index (χ0n) is 9.54. The maximum atomic E-state index is 12.9. The summed E-state index contributed by atoms with van der Waals surface area (Å²) in [5, 5.41) is 2.59. The number of nitrogens with one attached hydrogen (secondary N) is 1. The Labute approximate surface area is 106 Å². The van der Waals surface area contributed by atoms with Crippen LogP contribution in [0, 0.1) is 18.6 Å². The lowest BCUT2D eigenvalue weighted by Crippen LogP contribution is -2.22. The SMILES string of the molecule is Cc1ncsc1C(=O)NCc1cc(F)cc(F)c1. The number of halogens is 2. The fourth-order valence-electron chi connectivity index (χ4n) is 1.50. The summed E-state index contributed by atoms with van der Waals surface area (Å²) in [6.45, 7) is 1.80. The van der Waals surface area contributed by atoms with Gasteiger partial charge >= 0.3 is 0 Å². The van der Waals surface area contributed by atoms with Gasteiger partial charge in [-0.25, -0.2) is 13.8 Å². The van der Waals surface area contributed by atoms with E-state index in [9.17, 15) is 13.6 Å². The van der Waals surface area contributed by atoms with Crippen molar-refractivity contribution in [2.24, 2.45) is 0 Å². The molecule has 94 valence electrons. The van der Waals surface area contributed by atoms with Crippen LogP contribution >= 0.6 is 11.3 Å². The number of carbonyl (C=O) groups excluding carboxylic acids is 1. The third kappa shape index (κ3) is 2.89. The molecule has 1 amide bonds. The fraction of sp³-hybridized carbons (Fsp3) is 0.167. The van der Waals surface area contributed by atoms with Crippen LogP contribution in [-0.2, 0) is 6.54 Å². The molecule has 0 radical (unpaired) electrons. The maximum absolute atomic E-state index is 12.9. The average Bonchev–Trinajstić information content (AvgIpc) is 2.71. The summed E-state index contributed by atoms with van der Waals surface area (Å²) in [5.41, 5.74) is 2.59. The Balaban J connectivity index is 2.04. The van der Waals surface area contributed by atoms with E-state index < -0.39 is 11.6 Å². The van der Waals surface area contributed by atoms with Gasteiger partial charge in [0.25, 0.3) is 5.91 Å². The Morgan fingerprint density at radius 1 is 1.33 bits per heavy atom. The second-order valence-electron chi connectivity index (χ2n) is 3.73. The number of amides is 1. The minimum Gasteiger partial charge on any atom is -0.347 e. The number of aryl methyl sites for hydroxylation is 1. The summed E-state index contributed by atoms with van der Waals surface area (Å²) in [7, 11) is 0. The molecule has 0 aliphatic heterocycles. The van der Waals surface area contributed by atoms with Crippen molar-refractivity contribution < 1.29 is 13.6 Å².